The van der Waals surface area contributed by atoms with Gasteiger partial charge in [0.2, 0.25) is 11.8 Å². The molecule has 230 valence electrons. The third-order valence-electron chi connectivity index (χ3n) is 7.38. The van der Waals surface area contributed by atoms with E-state index < -0.39 is 29.9 Å². The number of esters is 1. The number of nitrogens with one attached hydrogen (secondary N) is 2. The van der Waals surface area contributed by atoms with E-state index in [2.05, 4.69) is 10.6 Å². The molecule has 0 fully saturated rings. The summed E-state index contributed by atoms with van der Waals surface area (Å²) in [5.41, 5.74) is 1.87. The molecule has 0 bridgehead atoms. The molecule has 0 radical (unpaired) electrons. The molecule has 8 nitrogen and oxygen atoms in total. The minimum Gasteiger partial charge on any atom is -0.497 e. The highest BCUT2D eigenvalue weighted by atomic mass is 16.5. The van der Waals surface area contributed by atoms with Crippen LogP contribution in [-0.4, -0.2) is 49.4 Å². The lowest BCUT2D eigenvalue weighted by molar-refractivity contribution is -0.157. The molecular weight excluding hydrogens is 544 g/mol. The predicted octanol–water partition coefficient (Wildman–Crippen LogP) is 5.07. The van der Waals surface area contributed by atoms with Crippen molar-refractivity contribution >= 4 is 29.6 Å². The molecule has 0 unspecified atom stereocenters. The summed E-state index contributed by atoms with van der Waals surface area (Å²) in [6, 6.07) is 16.3. The highest BCUT2D eigenvalue weighted by molar-refractivity contribution is 5.93. The minimum absolute atomic E-state index is 0.0513. The number of cyclic esters (lactones) is 1. The third-order valence-corrected chi connectivity index (χ3v) is 7.38. The fourth-order valence-corrected chi connectivity index (χ4v) is 4.96. The molecule has 1 aliphatic heterocycles. The second-order valence-electron chi connectivity index (χ2n) is 11.5. The molecule has 3 rings (SSSR count). The fraction of sp³-hybridized carbons (Fsp3) is 0.429. The number of carbonyl (C=O) groups is 4. The smallest absolute Gasteiger partial charge is 0.309 e. The van der Waals surface area contributed by atoms with Gasteiger partial charge in [-0.15, -0.1) is 0 Å². The fourth-order valence-electron chi connectivity index (χ4n) is 4.96. The summed E-state index contributed by atoms with van der Waals surface area (Å²) in [6.07, 6.45) is 7.65. The number of hydrogen-bond donors (Lipinski definition) is 2. The lowest BCUT2D eigenvalue weighted by atomic mass is 9.91. The summed E-state index contributed by atoms with van der Waals surface area (Å²) in [5, 5.41) is 5.57. The lowest BCUT2D eigenvalue weighted by Gasteiger charge is -2.25. The van der Waals surface area contributed by atoms with E-state index in [4.69, 9.17) is 9.47 Å². The lowest BCUT2D eigenvalue weighted by Crippen LogP contribution is -2.48. The number of benzene rings is 2. The number of rotatable bonds is 8. The first-order valence-corrected chi connectivity index (χ1v) is 15.0. The van der Waals surface area contributed by atoms with Crippen LogP contribution in [0.1, 0.15) is 57.6 Å². The van der Waals surface area contributed by atoms with Crippen molar-refractivity contribution in [3.63, 3.8) is 0 Å². The maximum atomic E-state index is 13.4. The van der Waals surface area contributed by atoms with Gasteiger partial charge >= 0.3 is 5.97 Å². The van der Waals surface area contributed by atoms with Gasteiger partial charge in [0.05, 0.1) is 13.0 Å². The zero-order valence-corrected chi connectivity index (χ0v) is 25.6. The van der Waals surface area contributed by atoms with Gasteiger partial charge in [0.15, 0.2) is 0 Å². The van der Waals surface area contributed by atoms with Crippen molar-refractivity contribution in [1.82, 2.24) is 10.6 Å². The van der Waals surface area contributed by atoms with Crippen molar-refractivity contribution in [2.75, 3.05) is 13.7 Å². The summed E-state index contributed by atoms with van der Waals surface area (Å²) in [5.74, 6) is -1.24. The van der Waals surface area contributed by atoms with Crippen LogP contribution in [0.4, 0.5) is 0 Å². The SMILES string of the molecule is COc1ccc(C[C@H]2NC(=O)/C=C/C[C@@H]([C@H](C)/C=C/c3ccccc3)OC(=O)[C@H](CC(C)C)CC(=O)CCNC2=O)cc1. The van der Waals surface area contributed by atoms with Gasteiger partial charge in [-0.25, -0.2) is 0 Å². The standard InChI is InChI=1S/C35H44N2O6/c1-24(2)21-28-23-29(38)19-20-36-34(40)31(22-27-15-17-30(42-4)18-16-27)37-33(39)12-8-11-32(43-35(28)41)25(3)13-14-26-9-6-5-7-10-26/h5-10,12-18,24-25,28,31-32H,11,19-23H2,1-4H3,(H,36,40)(H,37,39)/b12-8+,14-13+/t25-,28-,31-,32+/m1/s1. The summed E-state index contributed by atoms with van der Waals surface area (Å²) in [6.45, 7) is 6.07. The van der Waals surface area contributed by atoms with Crippen LogP contribution in [-0.2, 0) is 30.3 Å². The van der Waals surface area contributed by atoms with Gasteiger partial charge in [-0.3, -0.25) is 19.2 Å². The first-order valence-electron chi connectivity index (χ1n) is 15.0. The Morgan fingerprint density at radius 1 is 1.00 bits per heavy atom. The molecule has 2 aromatic rings. The Balaban J connectivity index is 1.84. The Hall–Kier alpha value is -4.20. The van der Waals surface area contributed by atoms with E-state index in [9.17, 15) is 19.2 Å². The summed E-state index contributed by atoms with van der Waals surface area (Å²) in [7, 11) is 1.58. The summed E-state index contributed by atoms with van der Waals surface area (Å²) < 4.78 is 11.2. The van der Waals surface area contributed by atoms with E-state index in [1.807, 2.05) is 75.4 Å². The maximum absolute atomic E-state index is 13.4. The molecule has 4 atom stereocenters. The highest BCUT2D eigenvalue weighted by Gasteiger charge is 2.29. The van der Waals surface area contributed by atoms with E-state index in [0.717, 1.165) is 11.1 Å². The zero-order valence-electron chi connectivity index (χ0n) is 25.6. The van der Waals surface area contributed by atoms with Crippen molar-refractivity contribution in [2.45, 2.75) is 65.0 Å². The van der Waals surface area contributed by atoms with Crippen LogP contribution in [0, 0.1) is 17.8 Å². The Labute approximate surface area is 254 Å². The summed E-state index contributed by atoms with van der Waals surface area (Å²) >= 11 is 0. The number of amides is 2. The number of ketones is 1. The van der Waals surface area contributed by atoms with Crippen molar-refractivity contribution in [3.8, 4) is 5.75 Å². The molecule has 0 saturated carbocycles. The van der Waals surface area contributed by atoms with Crippen molar-refractivity contribution in [2.24, 2.45) is 17.8 Å². The van der Waals surface area contributed by atoms with E-state index in [-0.39, 0.29) is 55.8 Å². The van der Waals surface area contributed by atoms with E-state index >= 15 is 0 Å². The molecule has 2 aromatic carbocycles. The second kappa shape index (κ2) is 17.0. The van der Waals surface area contributed by atoms with Gasteiger partial charge in [0.1, 0.15) is 23.7 Å². The molecule has 2 amide bonds. The average Bonchev–Trinajstić information content (AvgIpc) is 2.98. The third kappa shape index (κ3) is 11.5. The zero-order chi connectivity index (χ0) is 31.2. The van der Waals surface area contributed by atoms with Gasteiger partial charge < -0.3 is 20.1 Å². The number of Topliss-reactive ketones (excluding diaryl/α,β-unsaturated/α-hetero) is 1. The van der Waals surface area contributed by atoms with Gasteiger partial charge in [0.25, 0.3) is 0 Å². The average molecular weight is 589 g/mol. The van der Waals surface area contributed by atoms with E-state index in [1.165, 1.54) is 6.08 Å². The highest BCUT2D eigenvalue weighted by Crippen LogP contribution is 2.23. The molecule has 0 saturated heterocycles. The molecule has 1 aliphatic rings. The summed E-state index contributed by atoms with van der Waals surface area (Å²) in [4.78, 5) is 52.3. The van der Waals surface area contributed by atoms with Crippen molar-refractivity contribution in [1.29, 1.82) is 0 Å². The Bertz CT molecular complexity index is 1270. The van der Waals surface area contributed by atoms with Gasteiger partial charge in [-0.05, 0) is 41.7 Å². The predicted molar refractivity (Wildman–Crippen MR) is 167 cm³/mol. The molecule has 0 aromatic heterocycles. The monoisotopic (exact) mass is 588 g/mol. The first kappa shape index (κ1) is 33.3. The number of hydrogen-bond acceptors (Lipinski definition) is 6. The topological polar surface area (TPSA) is 111 Å². The van der Waals surface area contributed by atoms with Crippen LogP contribution in [0.25, 0.3) is 6.08 Å². The molecular formula is C35H44N2O6. The molecule has 2 N–H and O–H groups in total. The van der Waals surface area contributed by atoms with Crippen LogP contribution in [0.5, 0.6) is 5.75 Å². The number of ether oxygens (including phenoxy) is 2. The second-order valence-corrected chi connectivity index (χ2v) is 11.5. The van der Waals surface area contributed by atoms with Gasteiger partial charge in [-0.2, -0.15) is 0 Å². The van der Waals surface area contributed by atoms with Crippen LogP contribution < -0.4 is 15.4 Å². The van der Waals surface area contributed by atoms with Crippen LogP contribution in [0.15, 0.2) is 72.8 Å². The first-order chi connectivity index (χ1) is 20.6. The van der Waals surface area contributed by atoms with Gasteiger partial charge in [-0.1, -0.05) is 81.5 Å². The quantitative estimate of drug-likeness (QED) is 0.417. The minimum atomic E-state index is -0.844. The molecule has 1 heterocycles. The van der Waals surface area contributed by atoms with Crippen molar-refractivity contribution < 1.29 is 28.7 Å². The molecule has 0 spiro atoms. The number of methoxy groups -OCH3 is 1. The normalized spacial score (nSPS) is 22.5. The maximum Gasteiger partial charge on any atom is 0.309 e. The largest absolute Gasteiger partial charge is 0.497 e. The Kier molecular flexibility index (Phi) is 13.2. The Morgan fingerprint density at radius 3 is 2.40 bits per heavy atom. The van der Waals surface area contributed by atoms with Crippen molar-refractivity contribution in [3.05, 3.63) is 84.0 Å². The molecule has 43 heavy (non-hydrogen) atoms. The molecule has 0 aliphatic carbocycles. The Morgan fingerprint density at radius 2 is 1.72 bits per heavy atom. The van der Waals surface area contributed by atoms with Crippen LogP contribution >= 0.6 is 0 Å². The number of carbonyl (C=O) groups excluding carboxylic acids is 4. The van der Waals surface area contributed by atoms with E-state index in [0.29, 0.717) is 12.2 Å². The van der Waals surface area contributed by atoms with Crippen LogP contribution in [0.2, 0.25) is 0 Å². The molecule has 8 heteroatoms. The van der Waals surface area contributed by atoms with Crippen LogP contribution in [0.3, 0.4) is 0 Å². The van der Waals surface area contributed by atoms with Gasteiger partial charge in [0, 0.05) is 38.1 Å². The van der Waals surface area contributed by atoms with E-state index in [1.54, 1.807) is 25.3 Å².